The SMILES string of the molecule is CC1CC1c1ccc(OCc2ccc(OCC(=N)c3ccc(C#N)cc3)cc2)cc1.O=C[O-].[Na+]. The Bertz CT molecular complexity index is 1110. The summed E-state index contributed by atoms with van der Waals surface area (Å²) in [5.74, 6) is 3.12. The minimum Gasteiger partial charge on any atom is -0.554 e. The first-order valence-electron chi connectivity index (χ1n) is 10.6. The van der Waals surface area contributed by atoms with E-state index >= 15 is 0 Å². The van der Waals surface area contributed by atoms with Crippen molar-refractivity contribution in [3.05, 3.63) is 95.1 Å². The Morgan fingerprint density at radius 3 is 2.09 bits per heavy atom. The van der Waals surface area contributed by atoms with E-state index in [2.05, 4.69) is 25.1 Å². The molecule has 1 saturated carbocycles. The molecule has 6 nitrogen and oxygen atoms in total. The molecule has 168 valence electrons. The fraction of sp³-hybridized carbons (Fsp3) is 0.222. The molecule has 1 fully saturated rings. The maximum atomic E-state index is 8.85. The van der Waals surface area contributed by atoms with Crippen LogP contribution >= 0.6 is 0 Å². The van der Waals surface area contributed by atoms with E-state index < -0.39 is 6.47 Å². The van der Waals surface area contributed by atoms with Crippen molar-refractivity contribution in [1.29, 1.82) is 10.7 Å². The number of rotatable bonds is 8. The molecule has 3 aromatic carbocycles. The third kappa shape index (κ3) is 8.03. The minimum absolute atomic E-state index is 0. The number of nitrogens with zero attached hydrogens (tertiary/aromatic N) is 1. The Hall–Kier alpha value is -3.11. The molecule has 3 aromatic rings. The van der Waals surface area contributed by atoms with Crippen LogP contribution in [0.4, 0.5) is 0 Å². The third-order valence-corrected chi connectivity index (χ3v) is 5.49. The topological polar surface area (TPSA) is 106 Å². The van der Waals surface area contributed by atoms with Crippen molar-refractivity contribution in [3.8, 4) is 17.6 Å². The molecule has 7 heteroatoms. The largest absolute Gasteiger partial charge is 1.00 e. The van der Waals surface area contributed by atoms with Crippen molar-refractivity contribution in [2.45, 2.75) is 25.9 Å². The Kier molecular flexibility index (Phi) is 10.8. The van der Waals surface area contributed by atoms with E-state index in [9.17, 15) is 0 Å². The van der Waals surface area contributed by atoms with Crippen LogP contribution in [0.1, 0.15) is 41.5 Å². The zero-order valence-electron chi connectivity index (χ0n) is 19.4. The van der Waals surface area contributed by atoms with Crippen molar-refractivity contribution >= 4 is 12.2 Å². The molecule has 2 atom stereocenters. The van der Waals surface area contributed by atoms with E-state index in [1.54, 1.807) is 24.3 Å². The molecule has 0 aromatic heterocycles. The van der Waals surface area contributed by atoms with E-state index in [1.165, 1.54) is 12.0 Å². The molecule has 4 rings (SSSR count). The normalized spacial score (nSPS) is 15.4. The van der Waals surface area contributed by atoms with Crippen LogP contribution < -0.4 is 44.1 Å². The summed E-state index contributed by atoms with van der Waals surface area (Å²) in [7, 11) is 0. The number of nitrogens with one attached hydrogen (secondary N) is 1. The van der Waals surface area contributed by atoms with Gasteiger partial charge in [0.15, 0.2) is 0 Å². The molecular formula is C27H25N2NaO4. The summed E-state index contributed by atoms with van der Waals surface area (Å²) >= 11 is 0. The molecule has 1 aliphatic rings. The van der Waals surface area contributed by atoms with E-state index in [0.29, 0.717) is 23.6 Å². The molecule has 0 saturated heterocycles. The number of carboxylic acid groups (broad SMARTS) is 1. The van der Waals surface area contributed by atoms with Crippen molar-refractivity contribution in [3.63, 3.8) is 0 Å². The smallest absolute Gasteiger partial charge is 0.554 e. The van der Waals surface area contributed by atoms with Crippen LogP contribution in [0.15, 0.2) is 72.8 Å². The van der Waals surface area contributed by atoms with Gasteiger partial charge in [-0.1, -0.05) is 43.3 Å². The molecule has 0 aliphatic heterocycles. The van der Waals surface area contributed by atoms with Crippen molar-refractivity contribution in [2.75, 3.05) is 6.61 Å². The van der Waals surface area contributed by atoms with Crippen molar-refractivity contribution in [2.24, 2.45) is 5.92 Å². The maximum Gasteiger partial charge on any atom is 1.00 e. The first-order valence-corrected chi connectivity index (χ1v) is 10.6. The van der Waals surface area contributed by atoms with Gasteiger partial charge in [-0.05, 0) is 71.3 Å². The molecule has 34 heavy (non-hydrogen) atoms. The number of hydrogen-bond acceptors (Lipinski definition) is 6. The predicted molar refractivity (Wildman–Crippen MR) is 123 cm³/mol. The van der Waals surface area contributed by atoms with Gasteiger partial charge < -0.3 is 24.8 Å². The van der Waals surface area contributed by atoms with Gasteiger partial charge in [0, 0.05) is 6.47 Å². The number of hydrogen-bond donors (Lipinski definition) is 1. The maximum absolute atomic E-state index is 8.85. The summed E-state index contributed by atoms with van der Waals surface area (Å²) in [5, 5.41) is 25.2. The fourth-order valence-corrected chi connectivity index (χ4v) is 3.43. The predicted octanol–water partition coefficient (Wildman–Crippen LogP) is 1.08. The summed E-state index contributed by atoms with van der Waals surface area (Å²) < 4.78 is 11.6. The quantitative estimate of drug-likeness (QED) is 0.305. The Balaban J connectivity index is 0.000000970. The zero-order chi connectivity index (χ0) is 23.6. The molecule has 0 bridgehead atoms. The number of ether oxygens (including phenoxy) is 2. The van der Waals surface area contributed by atoms with Crippen LogP contribution in [0.25, 0.3) is 0 Å². The number of carbonyl (C=O) groups is 1. The van der Waals surface area contributed by atoms with Crippen LogP contribution in [0.3, 0.4) is 0 Å². The summed E-state index contributed by atoms with van der Waals surface area (Å²) in [6, 6.07) is 25.2. The van der Waals surface area contributed by atoms with Gasteiger partial charge in [-0.25, -0.2) is 0 Å². The first-order chi connectivity index (χ1) is 16.0. The third-order valence-electron chi connectivity index (χ3n) is 5.49. The van der Waals surface area contributed by atoms with Gasteiger partial charge in [0.05, 0.1) is 17.3 Å². The van der Waals surface area contributed by atoms with Crippen molar-refractivity contribution in [1.82, 2.24) is 0 Å². The zero-order valence-corrected chi connectivity index (χ0v) is 21.4. The van der Waals surface area contributed by atoms with Gasteiger partial charge in [-0.3, -0.25) is 0 Å². The molecule has 0 amide bonds. The van der Waals surface area contributed by atoms with Crippen LogP contribution in [0, 0.1) is 22.7 Å². The van der Waals surface area contributed by atoms with Gasteiger partial charge in [0.1, 0.15) is 24.7 Å². The van der Waals surface area contributed by atoms with E-state index in [1.807, 2.05) is 36.4 Å². The number of carbonyl (C=O) groups excluding carboxylic acids is 1. The standard InChI is InChI=1S/C26H24N2O2.CH2O2.Na/c1-18-14-25(18)21-8-12-24(13-9-21)29-16-20-4-10-23(11-5-20)30-17-26(28)22-6-2-19(15-27)3-7-22;2-1-3;/h2-13,18,25,28H,14,16-17H2,1H3;1H,(H,2,3);/q;;+1/p-1. The average molecular weight is 464 g/mol. The Morgan fingerprint density at radius 1 is 1.03 bits per heavy atom. The summed E-state index contributed by atoms with van der Waals surface area (Å²) in [4.78, 5) is 8.25. The second-order valence-corrected chi connectivity index (χ2v) is 7.87. The van der Waals surface area contributed by atoms with Gasteiger partial charge in [0.2, 0.25) is 0 Å². The monoisotopic (exact) mass is 464 g/mol. The van der Waals surface area contributed by atoms with Crippen LogP contribution in [-0.4, -0.2) is 18.8 Å². The second-order valence-electron chi connectivity index (χ2n) is 7.87. The number of benzene rings is 3. The Labute approximate surface area is 222 Å². The van der Waals surface area contributed by atoms with E-state index in [4.69, 9.17) is 30.0 Å². The van der Waals surface area contributed by atoms with Crippen molar-refractivity contribution < 1.29 is 48.9 Å². The fourth-order valence-electron chi connectivity index (χ4n) is 3.43. The van der Waals surface area contributed by atoms with Crippen LogP contribution in [0.2, 0.25) is 0 Å². The van der Waals surface area contributed by atoms with E-state index in [0.717, 1.165) is 28.7 Å². The molecular weight excluding hydrogens is 439 g/mol. The molecule has 1 aliphatic carbocycles. The molecule has 0 heterocycles. The molecule has 2 unspecified atom stereocenters. The van der Waals surface area contributed by atoms with Gasteiger partial charge in [-0.15, -0.1) is 0 Å². The molecule has 0 radical (unpaired) electrons. The average Bonchev–Trinajstić information content (AvgIpc) is 3.59. The van der Waals surface area contributed by atoms with Crippen LogP contribution in [0.5, 0.6) is 11.5 Å². The second kappa shape index (κ2) is 13.6. The minimum atomic E-state index is -0.500. The summed E-state index contributed by atoms with van der Waals surface area (Å²) in [6.07, 6.45) is 1.29. The first kappa shape index (κ1) is 27.1. The van der Waals surface area contributed by atoms with Crippen LogP contribution in [-0.2, 0) is 11.4 Å². The van der Waals surface area contributed by atoms with Gasteiger partial charge in [-0.2, -0.15) is 5.26 Å². The molecule has 1 N–H and O–H groups in total. The molecule has 0 spiro atoms. The summed E-state index contributed by atoms with van der Waals surface area (Å²) in [5.41, 5.74) is 4.17. The Morgan fingerprint density at radius 2 is 1.56 bits per heavy atom. The van der Waals surface area contributed by atoms with E-state index in [-0.39, 0.29) is 36.2 Å². The van der Waals surface area contributed by atoms with Gasteiger partial charge >= 0.3 is 29.6 Å². The summed E-state index contributed by atoms with van der Waals surface area (Å²) in [6.45, 7) is 2.46. The van der Waals surface area contributed by atoms with Gasteiger partial charge in [0.25, 0.3) is 0 Å². The number of nitriles is 1.